The number of alkyl halides is 3. The van der Waals surface area contributed by atoms with Crippen molar-refractivity contribution >= 4 is 11.6 Å². The normalized spacial score (nSPS) is 15.8. The van der Waals surface area contributed by atoms with Crippen LogP contribution in [0.1, 0.15) is 29.2 Å². The lowest BCUT2D eigenvalue weighted by Crippen LogP contribution is -2.52. The van der Waals surface area contributed by atoms with Crippen LogP contribution in [-0.4, -0.2) is 43.1 Å². The molecular weight excluding hydrogens is 393 g/mol. The number of anilines is 1. The maximum atomic E-state index is 13.0. The number of carbonyl (C=O) groups excluding carboxylic acids is 1. The van der Waals surface area contributed by atoms with Crippen LogP contribution in [-0.2, 0) is 11.0 Å². The second kappa shape index (κ2) is 8.58. The zero-order chi connectivity index (χ0) is 22.1. The van der Waals surface area contributed by atoms with E-state index in [1.54, 1.807) is 17.9 Å². The van der Waals surface area contributed by atoms with Crippen molar-refractivity contribution in [2.45, 2.75) is 40.0 Å². The van der Waals surface area contributed by atoms with Crippen LogP contribution in [0, 0.1) is 20.8 Å². The smallest absolute Gasteiger partial charge is 0.416 e. The molecule has 3 rings (SSSR count). The molecule has 0 spiro atoms. The highest BCUT2D eigenvalue weighted by atomic mass is 19.4. The quantitative estimate of drug-likeness (QED) is 0.716. The van der Waals surface area contributed by atoms with Crippen molar-refractivity contribution < 1.29 is 22.7 Å². The molecule has 162 valence electrons. The third-order valence-electron chi connectivity index (χ3n) is 5.55. The van der Waals surface area contributed by atoms with E-state index in [-0.39, 0.29) is 5.91 Å². The Morgan fingerprint density at radius 2 is 1.70 bits per heavy atom. The molecule has 4 nitrogen and oxygen atoms in total. The first kappa shape index (κ1) is 22.0. The van der Waals surface area contributed by atoms with Crippen LogP contribution in [0.25, 0.3) is 0 Å². The highest BCUT2D eigenvalue weighted by molar-refractivity contribution is 5.81. The van der Waals surface area contributed by atoms with Crippen molar-refractivity contribution in [1.29, 1.82) is 0 Å². The molecule has 0 unspecified atom stereocenters. The van der Waals surface area contributed by atoms with Crippen LogP contribution in [0.15, 0.2) is 36.4 Å². The molecule has 0 aliphatic carbocycles. The number of benzene rings is 2. The molecular formula is C23H27F3N2O2. The summed E-state index contributed by atoms with van der Waals surface area (Å²) >= 11 is 0. The topological polar surface area (TPSA) is 32.8 Å². The molecule has 1 aliphatic heterocycles. The number of rotatable bonds is 4. The molecule has 1 atom stereocenters. The monoisotopic (exact) mass is 420 g/mol. The summed E-state index contributed by atoms with van der Waals surface area (Å²) in [6, 6.07) is 9.31. The molecule has 0 N–H and O–H groups in total. The van der Waals surface area contributed by atoms with Crippen molar-refractivity contribution in [1.82, 2.24) is 4.90 Å². The van der Waals surface area contributed by atoms with Gasteiger partial charge < -0.3 is 14.5 Å². The third kappa shape index (κ3) is 4.89. The zero-order valence-electron chi connectivity index (χ0n) is 17.7. The number of halogens is 3. The van der Waals surface area contributed by atoms with E-state index < -0.39 is 17.8 Å². The van der Waals surface area contributed by atoms with E-state index in [4.69, 9.17) is 4.74 Å². The largest absolute Gasteiger partial charge is 0.481 e. The van der Waals surface area contributed by atoms with Crippen molar-refractivity contribution in [2.24, 2.45) is 0 Å². The van der Waals surface area contributed by atoms with E-state index >= 15 is 0 Å². The fourth-order valence-corrected chi connectivity index (χ4v) is 3.69. The summed E-state index contributed by atoms with van der Waals surface area (Å²) in [7, 11) is 0. The summed E-state index contributed by atoms with van der Waals surface area (Å²) in [4.78, 5) is 16.4. The first-order chi connectivity index (χ1) is 14.1. The van der Waals surface area contributed by atoms with Gasteiger partial charge in [0.1, 0.15) is 5.75 Å². The maximum Gasteiger partial charge on any atom is 0.416 e. The Balaban J connectivity index is 1.62. The predicted octanol–water partition coefficient (Wildman–Crippen LogP) is 4.75. The molecule has 0 saturated carbocycles. The van der Waals surface area contributed by atoms with Crippen LogP contribution < -0.4 is 9.64 Å². The van der Waals surface area contributed by atoms with Gasteiger partial charge in [0, 0.05) is 31.9 Å². The van der Waals surface area contributed by atoms with E-state index in [0.717, 1.165) is 28.8 Å². The number of hydrogen-bond acceptors (Lipinski definition) is 3. The standard InChI is InChI=1S/C23H27F3N2O2/c1-15-12-16(2)17(3)21(13-15)30-18(4)22(29)28-10-8-27(9-11-28)20-7-5-6-19(14-20)23(24,25)26/h5-7,12-14,18H,8-11H2,1-4H3/t18-/m0/s1. The number of aryl methyl sites for hydroxylation is 2. The summed E-state index contributed by atoms with van der Waals surface area (Å²) < 4.78 is 44.8. The Morgan fingerprint density at radius 3 is 2.33 bits per heavy atom. The molecule has 30 heavy (non-hydrogen) atoms. The SMILES string of the molecule is Cc1cc(C)c(C)c(O[C@@H](C)C(=O)N2CCN(c3cccc(C(F)(F)F)c3)CC2)c1. The Labute approximate surface area is 175 Å². The molecule has 2 aromatic rings. The van der Waals surface area contributed by atoms with Crippen LogP contribution in [0.4, 0.5) is 18.9 Å². The van der Waals surface area contributed by atoms with Crippen molar-refractivity contribution in [3.63, 3.8) is 0 Å². The zero-order valence-corrected chi connectivity index (χ0v) is 17.7. The second-order valence-corrected chi connectivity index (χ2v) is 7.83. The molecule has 0 radical (unpaired) electrons. The van der Waals surface area contributed by atoms with Gasteiger partial charge in [0.05, 0.1) is 5.56 Å². The van der Waals surface area contributed by atoms with Gasteiger partial charge in [-0.15, -0.1) is 0 Å². The molecule has 1 amide bonds. The van der Waals surface area contributed by atoms with Gasteiger partial charge in [-0.2, -0.15) is 13.2 Å². The average molecular weight is 420 g/mol. The van der Waals surface area contributed by atoms with Gasteiger partial charge in [-0.3, -0.25) is 4.79 Å². The first-order valence-electron chi connectivity index (χ1n) is 10.0. The third-order valence-corrected chi connectivity index (χ3v) is 5.55. The van der Waals surface area contributed by atoms with E-state index in [1.165, 1.54) is 6.07 Å². The summed E-state index contributed by atoms with van der Waals surface area (Å²) in [5.41, 5.74) is 3.05. The minimum Gasteiger partial charge on any atom is -0.481 e. The average Bonchev–Trinajstić information content (AvgIpc) is 2.70. The van der Waals surface area contributed by atoms with E-state index in [1.807, 2.05) is 31.7 Å². The Hall–Kier alpha value is -2.70. The lowest BCUT2D eigenvalue weighted by Gasteiger charge is -2.37. The molecule has 0 aromatic heterocycles. The predicted molar refractivity (Wildman–Crippen MR) is 111 cm³/mol. The van der Waals surface area contributed by atoms with Gasteiger partial charge in [-0.05, 0) is 68.7 Å². The van der Waals surface area contributed by atoms with Crippen LogP contribution >= 0.6 is 0 Å². The minimum absolute atomic E-state index is 0.114. The number of ether oxygens (including phenoxy) is 1. The number of piperazine rings is 1. The number of nitrogens with zero attached hydrogens (tertiary/aromatic N) is 2. The Morgan fingerprint density at radius 1 is 1.03 bits per heavy atom. The van der Waals surface area contributed by atoms with Gasteiger partial charge in [-0.25, -0.2) is 0 Å². The van der Waals surface area contributed by atoms with Crippen molar-refractivity contribution in [3.05, 3.63) is 58.7 Å². The summed E-state index contributed by atoms with van der Waals surface area (Å²) in [5, 5.41) is 0. The molecule has 0 bridgehead atoms. The molecule has 1 fully saturated rings. The van der Waals surface area contributed by atoms with Gasteiger partial charge >= 0.3 is 6.18 Å². The van der Waals surface area contributed by atoms with Crippen LogP contribution in [0.5, 0.6) is 5.75 Å². The van der Waals surface area contributed by atoms with Gasteiger partial charge in [0.25, 0.3) is 5.91 Å². The van der Waals surface area contributed by atoms with E-state index in [9.17, 15) is 18.0 Å². The molecule has 2 aromatic carbocycles. The van der Waals surface area contributed by atoms with Crippen molar-refractivity contribution in [3.8, 4) is 5.75 Å². The summed E-state index contributed by atoms with van der Waals surface area (Å²) in [5.74, 6) is 0.591. The lowest BCUT2D eigenvalue weighted by atomic mass is 10.1. The molecule has 1 heterocycles. The molecule has 1 aliphatic rings. The van der Waals surface area contributed by atoms with Crippen LogP contribution in [0.2, 0.25) is 0 Å². The van der Waals surface area contributed by atoms with E-state index in [2.05, 4.69) is 6.07 Å². The highest BCUT2D eigenvalue weighted by Gasteiger charge is 2.32. The number of hydrogen-bond donors (Lipinski definition) is 0. The van der Waals surface area contributed by atoms with Gasteiger partial charge in [0.2, 0.25) is 0 Å². The van der Waals surface area contributed by atoms with E-state index in [0.29, 0.717) is 37.6 Å². The molecule has 1 saturated heterocycles. The van der Waals surface area contributed by atoms with Gasteiger partial charge in [0.15, 0.2) is 6.10 Å². The maximum absolute atomic E-state index is 13.0. The highest BCUT2D eigenvalue weighted by Crippen LogP contribution is 2.32. The second-order valence-electron chi connectivity index (χ2n) is 7.83. The first-order valence-corrected chi connectivity index (χ1v) is 10.0. The van der Waals surface area contributed by atoms with Crippen LogP contribution in [0.3, 0.4) is 0 Å². The lowest BCUT2D eigenvalue weighted by molar-refractivity contribution is -0.138. The summed E-state index contributed by atoms with van der Waals surface area (Å²) in [6.45, 7) is 9.52. The number of carbonyl (C=O) groups is 1. The fourth-order valence-electron chi connectivity index (χ4n) is 3.69. The fraction of sp³-hybridized carbons (Fsp3) is 0.435. The van der Waals surface area contributed by atoms with Gasteiger partial charge in [-0.1, -0.05) is 12.1 Å². The Kier molecular flexibility index (Phi) is 6.29. The summed E-state index contributed by atoms with van der Waals surface area (Å²) in [6.07, 6.45) is -5.00. The number of amides is 1. The van der Waals surface area contributed by atoms with Crippen molar-refractivity contribution in [2.75, 3.05) is 31.1 Å². The minimum atomic E-state index is -4.37. The Bertz CT molecular complexity index is 919. The molecule has 7 heteroatoms.